The number of nitrogens with zero attached hydrogens (tertiary/aromatic N) is 2. The van der Waals surface area contributed by atoms with Gasteiger partial charge in [-0.25, -0.2) is 0 Å². The Kier molecular flexibility index (Phi) is 6.40. The molecule has 0 fully saturated rings. The van der Waals surface area contributed by atoms with Gasteiger partial charge in [-0.1, -0.05) is 105 Å². The van der Waals surface area contributed by atoms with Gasteiger partial charge in [0.15, 0.2) is 0 Å². The highest BCUT2D eigenvalue weighted by Gasteiger charge is 2.36. The lowest BCUT2D eigenvalue weighted by Gasteiger charge is -2.28. The molecule has 0 aliphatic heterocycles. The molecule has 1 aliphatic rings. The van der Waals surface area contributed by atoms with Gasteiger partial charge in [0.05, 0.1) is 0 Å². The molecule has 7 rings (SSSR count). The average Bonchev–Trinajstić information content (AvgIpc) is 3.27. The maximum atomic E-state index is 2.39. The van der Waals surface area contributed by atoms with E-state index in [0.717, 1.165) is 11.4 Å². The van der Waals surface area contributed by atoms with E-state index in [9.17, 15) is 0 Å². The Hall–Kier alpha value is -5.08. The Morgan fingerprint density at radius 1 is 0.405 bits per heavy atom. The zero-order valence-electron chi connectivity index (χ0n) is 24.3. The van der Waals surface area contributed by atoms with E-state index in [4.69, 9.17) is 0 Å². The van der Waals surface area contributed by atoms with Crippen LogP contribution in [0.15, 0.2) is 152 Å². The molecule has 0 amide bonds. The first-order valence-corrected chi connectivity index (χ1v) is 14.6. The van der Waals surface area contributed by atoms with Gasteiger partial charge in [0.2, 0.25) is 0 Å². The summed E-state index contributed by atoms with van der Waals surface area (Å²) in [6, 6.07) is 54.5. The molecule has 0 N–H and O–H groups in total. The van der Waals surface area contributed by atoms with Gasteiger partial charge in [0.25, 0.3) is 0 Å². The van der Waals surface area contributed by atoms with Crippen molar-refractivity contribution in [2.24, 2.45) is 0 Å². The fourth-order valence-electron chi connectivity index (χ4n) is 6.34. The summed E-state index contributed by atoms with van der Waals surface area (Å²) in [5, 5.41) is 0. The summed E-state index contributed by atoms with van der Waals surface area (Å²) in [5.74, 6) is 0. The highest BCUT2D eigenvalue weighted by molar-refractivity contribution is 5.87. The van der Waals surface area contributed by atoms with Crippen molar-refractivity contribution in [2.45, 2.75) is 19.3 Å². The molecule has 0 atom stereocenters. The Labute approximate surface area is 249 Å². The van der Waals surface area contributed by atoms with Crippen LogP contribution in [0, 0.1) is 0 Å². The van der Waals surface area contributed by atoms with Crippen LogP contribution in [0.1, 0.15) is 25.0 Å². The molecule has 0 heterocycles. The summed E-state index contributed by atoms with van der Waals surface area (Å²) in [5.41, 5.74) is 13.5. The molecule has 6 aromatic rings. The minimum absolute atomic E-state index is 0.136. The van der Waals surface area contributed by atoms with Crippen LogP contribution in [0.5, 0.6) is 0 Å². The number of anilines is 5. The van der Waals surface area contributed by atoms with E-state index in [1.54, 1.807) is 0 Å². The number of hydrogen-bond acceptors (Lipinski definition) is 2. The first-order chi connectivity index (χ1) is 20.5. The number of fused-ring (bicyclic) bond motifs is 3. The first kappa shape index (κ1) is 25.9. The predicted molar refractivity (Wildman–Crippen MR) is 179 cm³/mol. The molecule has 2 heteroatoms. The smallest absolute Gasteiger partial charge is 0.0465 e. The lowest BCUT2D eigenvalue weighted by Crippen LogP contribution is -2.17. The summed E-state index contributed by atoms with van der Waals surface area (Å²) < 4.78 is 0. The molecule has 204 valence electrons. The molecule has 0 saturated carbocycles. The summed E-state index contributed by atoms with van der Waals surface area (Å²) in [6.07, 6.45) is 0. The highest BCUT2D eigenvalue weighted by Crippen LogP contribution is 2.51. The third-order valence-electron chi connectivity index (χ3n) is 8.66. The second-order valence-electron chi connectivity index (χ2n) is 11.6. The van der Waals surface area contributed by atoms with Crippen LogP contribution >= 0.6 is 0 Å². The van der Waals surface area contributed by atoms with Crippen molar-refractivity contribution < 1.29 is 0 Å². The fraction of sp³-hybridized carbons (Fsp3) is 0.100. The molecule has 0 spiro atoms. The minimum Gasteiger partial charge on any atom is -0.345 e. The molecule has 0 saturated heterocycles. The van der Waals surface area contributed by atoms with Crippen molar-refractivity contribution in [3.8, 4) is 22.3 Å². The molecule has 1 aliphatic carbocycles. The van der Waals surface area contributed by atoms with Gasteiger partial charge in [-0.2, -0.15) is 0 Å². The van der Waals surface area contributed by atoms with Gasteiger partial charge in [-0.15, -0.1) is 0 Å². The molecule has 2 nitrogen and oxygen atoms in total. The van der Waals surface area contributed by atoms with E-state index in [-0.39, 0.29) is 5.41 Å². The lowest BCUT2D eigenvalue weighted by molar-refractivity contribution is 0.660. The molecule has 0 bridgehead atoms. The van der Waals surface area contributed by atoms with E-state index in [2.05, 4.69) is 182 Å². The number of hydrogen-bond donors (Lipinski definition) is 0. The maximum Gasteiger partial charge on any atom is 0.0465 e. The van der Waals surface area contributed by atoms with E-state index >= 15 is 0 Å². The van der Waals surface area contributed by atoms with Gasteiger partial charge < -0.3 is 9.80 Å². The largest absolute Gasteiger partial charge is 0.345 e. The second-order valence-corrected chi connectivity index (χ2v) is 11.6. The third-order valence-corrected chi connectivity index (χ3v) is 8.66. The van der Waals surface area contributed by atoms with Crippen molar-refractivity contribution in [1.29, 1.82) is 0 Å². The summed E-state index contributed by atoms with van der Waals surface area (Å²) in [7, 11) is 2.16. The Morgan fingerprint density at radius 2 is 0.857 bits per heavy atom. The van der Waals surface area contributed by atoms with Crippen LogP contribution in [-0.2, 0) is 5.41 Å². The summed E-state index contributed by atoms with van der Waals surface area (Å²) in [4.78, 5) is 4.64. The van der Waals surface area contributed by atoms with Crippen LogP contribution < -0.4 is 9.80 Å². The van der Waals surface area contributed by atoms with Crippen LogP contribution in [0.3, 0.4) is 0 Å². The van der Waals surface area contributed by atoms with Crippen molar-refractivity contribution in [3.05, 3.63) is 163 Å². The molecule has 0 aromatic heterocycles. The highest BCUT2D eigenvalue weighted by atomic mass is 15.1. The molecule has 6 aromatic carbocycles. The Balaban J connectivity index is 1.26. The summed E-state index contributed by atoms with van der Waals surface area (Å²) >= 11 is 0. The topological polar surface area (TPSA) is 6.48 Å². The van der Waals surface area contributed by atoms with E-state index in [0.29, 0.717) is 0 Å². The Bertz CT molecular complexity index is 1820. The molecule has 42 heavy (non-hydrogen) atoms. The quantitative estimate of drug-likeness (QED) is 0.206. The van der Waals surface area contributed by atoms with Crippen LogP contribution in [0.25, 0.3) is 22.3 Å². The number of para-hydroxylation sites is 2. The zero-order chi connectivity index (χ0) is 28.7. The van der Waals surface area contributed by atoms with Crippen LogP contribution in [-0.4, -0.2) is 7.05 Å². The van der Waals surface area contributed by atoms with Crippen LogP contribution in [0.4, 0.5) is 28.4 Å². The third kappa shape index (κ3) is 4.46. The number of benzene rings is 6. The Morgan fingerprint density at radius 3 is 1.45 bits per heavy atom. The van der Waals surface area contributed by atoms with Gasteiger partial charge in [-0.05, 0) is 94.0 Å². The number of rotatable bonds is 6. The van der Waals surface area contributed by atoms with E-state index in [1.165, 1.54) is 50.4 Å². The standard InChI is InChI=1S/C40H34N2/c1-40(2)38-27-34(41(3)33-21-13-16-30(26-33)29-14-7-4-8-15-29)22-24-36(38)37-25-23-35(28-39(37)40)42(31-17-9-5-10-18-31)32-19-11-6-12-20-32/h4-28H,1-3H3. The lowest BCUT2D eigenvalue weighted by atomic mass is 9.82. The predicted octanol–water partition coefficient (Wildman–Crippen LogP) is 10.9. The molecular weight excluding hydrogens is 508 g/mol. The average molecular weight is 543 g/mol. The van der Waals surface area contributed by atoms with Gasteiger partial charge in [-0.3, -0.25) is 0 Å². The van der Waals surface area contributed by atoms with Gasteiger partial charge in [0, 0.05) is 40.9 Å². The van der Waals surface area contributed by atoms with Crippen molar-refractivity contribution in [3.63, 3.8) is 0 Å². The fourth-order valence-corrected chi connectivity index (χ4v) is 6.34. The monoisotopic (exact) mass is 542 g/mol. The van der Waals surface area contributed by atoms with Crippen LogP contribution in [0.2, 0.25) is 0 Å². The molecular formula is C40H34N2. The van der Waals surface area contributed by atoms with Crippen molar-refractivity contribution in [1.82, 2.24) is 0 Å². The van der Waals surface area contributed by atoms with Crippen molar-refractivity contribution >= 4 is 28.4 Å². The SMILES string of the molecule is CN(c1cccc(-c2ccccc2)c1)c1ccc2c(c1)C(C)(C)c1cc(N(c3ccccc3)c3ccccc3)ccc1-2. The van der Waals surface area contributed by atoms with Gasteiger partial charge in [0.1, 0.15) is 0 Å². The molecule has 0 radical (unpaired) electrons. The van der Waals surface area contributed by atoms with E-state index in [1.807, 2.05) is 0 Å². The minimum atomic E-state index is -0.136. The second kappa shape index (κ2) is 10.4. The van der Waals surface area contributed by atoms with E-state index < -0.39 is 0 Å². The maximum absolute atomic E-state index is 2.39. The normalized spacial score (nSPS) is 12.8. The van der Waals surface area contributed by atoms with Gasteiger partial charge >= 0.3 is 0 Å². The van der Waals surface area contributed by atoms with Crippen molar-refractivity contribution in [2.75, 3.05) is 16.8 Å². The molecule has 0 unspecified atom stereocenters. The summed E-state index contributed by atoms with van der Waals surface area (Å²) in [6.45, 7) is 4.72. The first-order valence-electron chi connectivity index (χ1n) is 14.6. The zero-order valence-corrected chi connectivity index (χ0v) is 24.3.